The van der Waals surface area contributed by atoms with Crippen LogP contribution < -0.4 is 10.2 Å². The van der Waals surface area contributed by atoms with Crippen LogP contribution in [0.3, 0.4) is 0 Å². The van der Waals surface area contributed by atoms with Gasteiger partial charge in [-0.2, -0.15) is 0 Å². The second kappa shape index (κ2) is 5.31. The summed E-state index contributed by atoms with van der Waals surface area (Å²) in [7, 11) is 0. The first kappa shape index (κ1) is 13.6. The van der Waals surface area contributed by atoms with Crippen LogP contribution in [-0.4, -0.2) is 18.4 Å². The van der Waals surface area contributed by atoms with Gasteiger partial charge in [0.25, 0.3) is 0 Å². The zero-order chi connectivity index (χ0) is 15.1. The van der Waals surface area contributed by atoms with Crippen molar-refractivity contribution < 1.29 is 0 Å². The fourth-order valence-corrected chi connectivity index (χ4v) is 3.34. The smallest absolute Gasteiger partial charge is 0.133 e. The fraction of sp³-hybridized carbons (Fsp3) is 0.421. The molecule has 1 fully saturated rings. The quantitative estimate of drug-likeness (QED) is 0.896. The van der Waals surface area contributed by atoms with Crippen LogP contribution in [0.15, 0.2) is 58.4 Å². The van der Waals surface area contributed by atoms with Gasteiger partial charge in [0.15, 0.2) is 0 Å². The normalized spacial score (nSPS) is 25.0. The molecule has 3 heteroatoms. The Morgan fingerprint density at radius 1 is 1.18 bits per heavy atom. The number of para-hydroxylation sites is 1. The van der Waals surface area contributed by atoms with Gasteiger partial charge < -0.3 is 10.2 Å². The van der Waals surface area contributed by atoms with Gasteiger partial charge in [0.05, 0.1) is 6.54 Å². The van der Waals surface area contributed by atoms with Crippen molar-refractivity contribution in [1.82, 2.24) is 5.32 Å². The van der Waals surface area contributed by atoms with Crippen LogP contribution in [0, 0.1) is 5.92 Å². The van der Waals surface area contributed by atoms with E-state index in [1.54, 1.807) is 0 Å². The number of nitrogens with zero attached hydrogens (tertiary/aromatic N) is 2. The molecule has 1 atom stereocenters. The summed E-state index contributed by atoms with van der Waals surface area (Å²) in [6.45, 7) is 5.32. The SMILES string of the molecule is CC1=CC2=C(N=C(C3CCC3)N(c3ccccc3)C2)NC1C. The molecular weight excluding hydrogens is 270 g/mol. The molecule has 114 valence electrons. The first-order valence-corrected chi connectivity index (χ1v) is 8.31. The summed E-state index contributed by atoms with van der Waals surface area (Å²) in [6, 6.07) is 11.1. The Labute approximate surface area is 132 Å². The summed E-state index contributed by atoms with van der Waals surface area (Å²) in [4.78, 5) is 7.44. The molecule has 0 saturated heterocycles. The van der Waals surface area contributed by atoms with Gasteiger partial charge in [0.2, 0.25) is 0 Å². The second-order valence-corrected chi connectivity index (χ2v) is 6.65. The molecule has 1 aliphatic carbocycles. The maximum absolute atomic E-state index is 5.03. The topological polar surface area (TPSA) is 27.6 Å². The van der Waals surface area contributed by atoms with Gasteiger partial charge in [-0.3, -0.25) is 0 Å². The predicted molar refractivity (Wildman–Crippen MR) is 91.9 cm³/mol. The van der Waals surface area contributed by atoms with Crippen LogP contribution >= 0.6 is 0 Å². The van der Waals surface area contributed by atoms with E-state index in [1.807, 2.05) is 0 Å². The maximum Gasteiger partial charge on any atom is 0.133 e. The molecule has 0 radical (unpaired) electrons. The van der Waals surface area contributed by atoms with Gasteiger partial charge in [-0.15, -0.1) is 0 Å². The van der Waals surface area contributed by atoms with Crippen molar-refractivity contribution in [3.05, 3.63) is 53.4 Å². The molecule has 0 bridgehead atoms. The molecule has 0 aromatic heterocycles. The van der Waals surface area contributed by atoms with Gasteiger partial charge in [0, 0.05) is 23.2 Å². The van der Waals surface area contributed by atoms with Crippen molar-refractivity contribution in [2.45, 2.75) is 39.2 Å². The van der Waals surface area contributed by atoms with Crippen LogP contribution in [0.1, 0.15) is 33.1 Å². The largest absolute Gasteiger partial charge is 0.364 e. The van der Waals surface area contributed by atoms with E-state index in [9.17, 15) is 0 Å². The molecule has 22 heavy (non-hydrogen) atoms. The lowest BCUT2D eigenvalue weighted by Crippen LogP contribution is -2.45. The zero-order valence-corrected chi connectivity index (χ0v) is 13.3. The van der Waals surface area contributed by atoms with Crippen molar-refractivity contribution in [2.75, 3.05) is 11.4 Å². The van der Waals surface area contributed by atoms with E-state index in [1.165, 1.54) is 41.9 Å². The standard InChI is InChI=1S/C19H23N3/c1-13-11-16-12-22(17-9-4-3-5-10-17)19(15-7-6-8-15)21-18(16)20-14(13)2/h3-5,9-11,14-15,20H,6-8,12H2,1-2H3. The Bertz CT molecular complexity index is 665. The number of rotatable bonds is 2. The van der Waals surface area contributed by atoms with E-state index in [0.29, 0.717) is 12.0 Å². The molecule has 3 nitrogen and oxygen atoms in total. The Kier molecular flexibility index (Phi) is 3.29. The van der Waals surface area contributed by atoms with Crippen molar-refractivity contribution in [2.24, 2.45) is 10.9 Å². The lowest BCUT2D eigenvalue weighted by Gasteiger charge is -2.40. The highest BCUT2D eigenvalue weighted by Gasteiger charge is 2.33. The Morgan fingerprint density at radius 3 is 2.64 bits per heavy atom. The van der Waals surface area contributed by atoms with Crippen LogP contribution in [0.4, 0.5) is 5.69 Å². The average molecular weight is 293 g/mol. The molecule has 2 heterocycles. The first-order valence-electron chi connectivity index (χ1n) is 8.31. The monoisotopic (exact) mass is 293 g/mol. The fourth-order valence-electron chi connectivity index (χ4n) is 3.34. The highest BCUT2D eigenvalue weighted by Crippen LogP contribution is 2.35. The van der Waals surface area contributed by atoms with E-state index in [0.717, 1.165) is 12.4 Å². The molecule has 1 aromatic rings. The first-order chi connectivity index (χ1) is 10.7. The van der Waals surface area contributed by atoms with E-state index in [4.69, 9.17) is 4.99 Å². The van der Waals surface area contributed by atoms with Crippen LogP contribution in [-0.2, 0) is 0 Å². The number of benzene rings is 1. The molecule has 1 N–H and O–H groups in total. The summed E-state index contributed by atoms with van der Waals surface area (Å²) < 4.78 is 0. The van der Waals surface area contributed by atoms with E-state index < -0.39 is 0 Å². The third-order valence-electron chi connectivity index (χ3n) is 5.11. The molecule has 4 rings (SSSR count). The molecule has 3 aliphatic rings. The van der Waals surface area contributed by atoms with Gasteiger partial charge in [0.1, 0.15) is 11.7 Å². The van der Waals surface area contributed by atoms with Gasteiger partial charge in [-0.25, -0.2) is 4.99 Å². The molecule has 1 saturated carbocycles. The lowest BCUT2D eigenvalue weighted by molar-refractivity contribution is 0.407. The van der Waals surface area contributed by atoms with E-state index in [-0.39, 0.29) is 0 Å². The summed E-state index contributed by atoms with van der Waals surface area (Å²) in [5.74, 6) is 2.97. The summed E-state index contributed by atoms with van der Waals surface area (Å²) in [6.07, 6.45) is 6.19. The lowest BCUT2D eigenvalue weighted by atomic mass is 9.83. The predicted octanol–water partition coefficient (Wildman–Crippen LogP) is 3.85. The van der Waals surface area contributed by atoms with Crippen molar-refractivity contribution >= 4 is 11.5 Å². The summed E-state index contributed by atoms with van der Waals surface area (Å²) in [5.41, 5.74) is 3.95. The van der Waals surface area contributed by atoms with Crippen LogP contribution in [0.5, 0.6) is 0 Å². The summed E-state index contributed by atoms with van der Waals surface area (Å²) in [5, 5.41) is 3.57. The number of dihydropyridines is 1. The molecule has 0 spiro atoms. The highest BCUT2D eigenvalue weighted by atomic mass is 15.3. The van der Waals surface area contributed by atoms with Crippen LogP contribution in [0.25, 0.3) is 0 Å². The highest BCUT2D eigenvalue weighted by molar-refractivity contribution is 6.01. The molecule has 1 aromatic carbocycles. The van der Waals surface area contributed by atoms with Gasteiger partial charge in [-0.1, -0.05) is 36.3 Å². The van der Waals surface area contributed by atoms with Crippen molar-refractivity contribution in [1.29, 1.82) is 0 Å². The number of anilines is 1. The van der Waals surface area contributed by atoms with Crippen molar-refractivity contribution in [3.8, 4) is 0 Å². The molecule has 0 amide bonds. The Morgan fingerprint density at radius 2 is 1.95 bits per heavy atom. The number of amidine groups is 1. The minimum atomic E-state index is 0.383. The molecular formula is C19H23N3. The molecule has 1 unspecified atom stereocenters. The Hall–Kier alpha value is -2.03. The minimum Gasteiger partial charge on any atom is -0.364 e. The van der Waals surface area contributed by atoms with Crippen molar-refractivity contribution in [3.63, 3.8) is 0 Å². The average Bonchev–Trinajstić information content (AvgIpc) is 2.47. The third kappa shape index (κ3) is 2.25. The number of hydrogen-bond acceptors (Lipinski definition) is 3. The molecule has 2 aliphatic heterocycles. The summed E-state index contributed by atoms with van der Waals surface area (Å²) >= 11 is 0. The zero-order valence-electron chi connectivity index (χ0n) is 13.3. The third-order valence-corrected chi connectivity index (χ3v) is 5.11. The van der Waals surface area contributed by atoms with Gasteiger partial charge >= 0.3 is 0 Å². The Balaban J connectivity index is 1.74. The van der Waals surface area contributed by atoms with Gasteiger partial charge in [-0.05, 0) is 38.8 Å². The number of aliphatic imine (C=N–C) groups is 1. The van der Waals surface area contributed by atoms with Crippen LogP contribution in [0.2, 0.25) is 0 Å². The van der Waals surface area contributed by atoms with E-state index in [2.05, 4.69) is 60.5 Å². The van der Waals surface area contributed by atoms with E-state index >= 15 is 0 Å². The number of hydrogen-bond donors (Lipinski definition) is 1. The number of nitrogens with one attached hydrogen (secondary N) is 1. The maximum atomic E-state index is 5.03. The minimum absolute atomic E-state index is 0.383. The second-order valence-electron chi connectivity index (χ2n) is 6.65.